The third-order valence-corrected chi connectivity index (χ3v) is 10.5. The van der Waals surface area contributed by atoms with Crippen LogP contribution in [0.3, 0.4) is 0 Å². The van der Waals surface area contributed by atoms with Crippen molar-refractivity contribution in [3.8, 4) is 11.5 Å². The Bertz CT molecular complexity index is 926. The van der Waals surface area contributed by atoms with Gasteiger partial charge in [-0.25, -0.2) is 0 Å². The van der Waals surface area contributed by atoms with Crippen molar-refractivity contribution in [1.29, 1.82) is 0 Å². The molecule has 2 bridgehead atoms. The van der Waals surface area contributed by atoms with E-state index in [0.29, 0.717) is 30.1 Å². The molecule has 4 heteroatoms. The molecule has 0 amide bonds. The first-order valence-corrected chi connectivity index (χ1v) is 11.9. The average molecular weight is 411 g/mol. The second-order valence-corrected chi connectivity index (χ2v) is 11.7. The lowest BCUT2D eigenvalue weighted by Gasteiger charge is -2.70. The smallest absolute Gasteiger partial charge is 0.312 e. The Balaban J connectivity index is 1.43. The van der Waals surface area contributed by atoms with Crippen molar-refractivity contribution in [2.45, 2.75) is 77.7 Å². The van der Waals surface area contributed by atoms with Gasteiger partial charge in [0.05, 0.1) is 12.0 Å². The fraction of sp³-hybridized carbons (Fsp3) is 0.731. The van der Waals surface area contributed by atoms with Crippen molar-refractivity contribution in [3.63, 3.8) is 0 Å². The Kier molecular flexibility index (Phi) is 3.64. The first-order chi connectivity index (χ1) is 14.2. The zero-order chi connectivity index (χ0) is 20.9. The monoisotopic (exact) mass is 410 g/mol. The van der Waals surface area contributed by atoms with Crippen LogP contribution in [0.25, 0.3) is 0 Å². The van der Waals surface area contributed by atoms with Crippen molar-refractivity contribution < 1.29 is 19.4 Å². The third kappa shape index (κ3) is 2.16. The fourth-order valence-corrected chi connectivity index (χ4v) is 9.16. The highest BCUT2D eigenvalue weighted by molar-refractivity contribution is 5.78. The molecule has 4 nitrogen and oxygen atoms in total. The number of carbonyl (C=O) groups excluding carboxylic acids is 1. The summed E-state index contributed by atoms with van der Waals surface area (Å²) in [5.41, 5.74) is 0.980. The van der Waals surface area contributed by atoms with E-state index in [9.17, 15) is 9.90 Å². The van der Waals surface area contributed by atoms with E-state index in [4.69, 9.17) is 9.47 Å². The van der Waals surface area contributed by atoms with E-state index >= 15 is 0 Å². The molecule has 3 aliphatic carbocycles. The highest BCUT2D eigenvalue weighted by Crippen LogP contribution is 2.72. The number of phenols is 1. The first kappa shape index (κ1) is 19.0. The number of rotatable bonds is 0. The van der Waals surface area contributed by atoms with Gasteiger partial charge in [-0.15, -0.1) is 0 Å². The van der Waals surface area contributed by atoms with E-state index in [1.54, 1.807) is 6.07 Å². The molecule has 2 heterocycles. The molecule has 4 fully saturated rings. The maximum atomic E-state index is 12.8. The summed E-state index contributed by atoms with van der Waals surface area (Å²) in [6.07, 6.45) is 8.77. The van der Waals surface area contributed by atoms with Crippen LogP contribution in [0.5, 0.6) is 11.5 Å². The Morgan fingerprint density at radius 3 is 2.63 bits per heavy atom. The van der Waals surface area contributed by atoms with Crippen LogP contribution >= 0.6 is 0 Å². The van der Waals surface area contributed by atoms with Gasteiger partial charge in [-0.3, -0.25) is 4.79 Å². The van der Waals surface area contributed by atoms with Crippen LogP contribution in [0, 0.1) is 34.0 Å². The van der Waals surface area contributed by atoms with Crippen molar-refractivity contribution >= 4 is 5.97 Å². The molecule has 0 radical (unpaired) electrons. The van der Waals surface area contributed by atoms with Crippen LogP contribution in [-0.4, -0.2) is 23.3 Å². The van der Waals surface area contributed by atoms with Crippen LogP contribution in [0.2, 0.25) is 0 Å². The maximum Gasteiger partial charge on any atom is 0.312 e. The van der Waals surface area contributed by atoms with Gasteiger partial charge in [0.15, 0.2) is 0 Å². The third-order valence-electron chi connectivity index (χ3n) is 10.5. The van der Waals surface area contributed by atoms with Crippen molar-refractivity contribution in [1.82, 2.24) is 0 Å². The topological polar surface area (TPSA) is 55.8 Å². The number of hydrogen-bond donors (Lipinski definition) is 1. The molecule has 2 aliphatic heterocycles. The van der Waals surface area contributed by atoms with Crippen LogP contribution in [0.1, 0.15) is 71.3 Å². The van der Waals surface area contributed by atoms with Gasteiger partial charge in [0.2, 0.25) is 0 Å². The molecular formula is C26H34O4. The Morgan fingerprint density at radius 1 is 1.00 bits per heavy atom. The quantitative estimate of drug-likeness (QED) is 0.593. The molecule has 3 saturated carbocycles. The maximum absolute atomic E-state index is 12.8. The van der Waals surface area contributed by atoms with Gasteiger partial charge in [0.1, 0.15) is 17.1 Å². The molecule has 1 saturated heterocycles. The van der Waals surface area contributed by atoms with E-state index in [1.165, 1.54) is 6.42 Å². The van der Waals surface area contributed by atoms with Gasteiger partial charge >= 0.3 is 5.97 Å². The lowest BCUT2D eigenvalue weighted by Crippen LogP contribution is -2.69. The molecule has 162 valence electrons. The molecule has 7 atom stereocenters. The minimum Gasteiger partial charge on any atom is -0.508 e. The Hall–Kier alpha value is -1.71. The summed E-state index contributed by atoms with van der Waals surface area (Å²) in [6.45, 7) is 7.62. The number of hydrogen-bond acceptors (Lipinski definition) is 4. The molecule has 1 aromatic carbocycles. The normalized spacial score (nSPS) is 48.9. The average Bonchev–Trinajstić information content (AvgIpc) is 2.70. The largest absolute Gasteiger partial charge is 0.508 e. The summed E-state index contributed by atoms with van der Waals surface area (Å²) >= 11 is 0. The standard InChI is InChI=1S/C26H34O4/c1-23-11-7-20-24(2)9-4-10-26(20,15-29-22(24)28)19(23)8-12-25(3)21(23)14-16-13-17(27)5-6-18(16)30-25/h5-6,13,19-21,27H,4,7-12,14-15H2,1-3H3/t19?,20?,21?,23-,24+,25+,26+/m1/s1. The van der Waals surface area contributed by atoms with Crippen molar-refractivity contribution in [3.05, 3.63) is 23.8 Å². The molecular weight excluding hydrogens is 376 g/mol. The number of ether oxygens (including phenoxy) is 2. The minimum absolute atomic E-state index is 0.0532. The number of esters is 1. The Labute approximate surface area is 179 Å². The molecule has 0 spiro atoms. The lowest BCUT2D eigenvalue weighted by atomic mass is 9.36. The number of cyclic esters (lactones) is 1. The summed E-state index contributed by atoms with van der Waals surface area (Å²) in [6, 6.07) is 5.56. The van der Waals surface area contributed by atoms with E-state index in [0.717, 1.165) is 56.3 Å². The van der Waals surface area contributed by atoms with Gasteiger partial charge in [0.25, 0.3) is 0 Å². The summed E-state index contributed by atoms with van der Waals surface area (Å²) < 4.78 is 12.6. The molecule has 6 rings (SSSR count). The molecule has 5 aliphatic rings. The van der Waals surface area contributed by atoms with Gasteiger partial charge in [0, 0.05) is 11.3 Å². The molecule has 1 aromatic rings. The Morgan fingerprint density at radius 2 is 1.80 bits per heavy atom. The molecule has 3 unspecified atom stereocenters. The van der Waals surface area contributed by atoms with Crippen LogP contribution in [0.4, 0.5) is 0 Å². The highest BCUT2D eigenvalue weighted by atomic mass is 16.5. The summed E-state index contributed by atoms with van der Waals surface area (Å²) in [4.78, 5) is 12.8. The molecule has 30 heavy (non-hydrogen) atoms. The molecule has 1 N–H and O–H groups in total. The number of fused-ring (bicyclic) bond motifs is 4. The first-order valence-electron chi connectivity index (χ1n) is 11.9. The number of phenolic OH excluding ortho intramolecular Hbond substituents is 1. The van der Waals surface area contributed by atoms with Gasteiger partial charge in [-0.1, -0.05) is 13.3 Å². The van der Waals surface area contributed by atoms with E-state index in [2.05, 4.69) is 20.8 Å². The fourth-order valence-electron chi connectivity index (χ4n) is 9.16. The number of carbonyl (C=O) groups is 1. The molecule has 0 aromatic heterocycles. The minimum atomic E-state index is -0.292. The zero-order valence-corrected chi connectivity index (χ0v) is 18.5. The summed E-state index contributed by atoms with van der Waals surface area (Å²) in [7, 11) is 0. The zero-order valence-electron chi connectivity index (χ0n) is 18.5. The van der Waals surface area contributed by atoms with Crippen LogP contribution < -0.4 is 4.74 Å². The van der Waals surface area contributed by atoms with E-state index in [-0.39, 0.29) is 27.8 Å². The van der Waals surface area contributed by atoms with Crippen LogP contribution in [-0.2, 0) is 16.0 Å². The second-order valence-electron chi connectivity index (χ2n) is 11.7. The van der Waals surface area contributed by atoms with Crippen molar-refractivity contribution in [2.24, 2.45) is 34.0 Å². The highest BCUT2D eigenvalue weighted by Gasteiger charge is 2.70. The van der Waals surface area contributed by atoms with Gasteiger partial charge < -0.3 is 14.6 Å². The predicted molar refractivity (Wildman–Crippen MR) is 113 cm³/mol. The van der Waals surface area contributed by atoms with Crippen LogP contribution in [0.15, 0.2) is 18.2 Å². The second kappa shape index (κ2) is 5.75. The predicted octanol–water partition coefficient (Wildman–Crippen LogP) is 5.26. The van der Waals surface area contributed by atoms with Gasteiger partial charge in [-0.2, -0.15) is 0 Å². The van der Waals surface area contributed by atoms with Crippen molar-refractivity contribution in [2.75, 3.05) is 6.61 Å². The summed E-state index contributed by atoms with van der Waals surface area (Å²) in [5.74, 6) is 2.76. The number of benzene rings is 1. The van der Waals surface area contributed by atoms with E-state index in [1.807, 2.05) is 12.1 Å². The number of aromatic hydroxyl groups is 1. The van der Waals surface area contributed by atoms with Gasteiger partial charge in [-0.05, 0) is 99.8 Å². The SMILES string of the molecule is C[C@@]12CCC3[C@]4(CCC[C@]3(C)C(=O)OC4)C1CC[C@]1(C)Oc3ccc(O)cc3CC21. The van der Waals surface area contributed by atoms with E-state index < -0.39 is 0 Å². The lowest BCUT2D eigenvalue weighted by molar-refractivity contribution is -0.255. The summed E-state index contributed by atoms with van der Waals surface area (Å²) in [5, 5.41) is 10.1.